The highest BCUT2D eigenvalue weighted by atomic mass is 32.1. The van der Waals surface area contributed by atoms with E-state index >= 15 is 0 Å². The average Bonchev–Trinajstić information content (AvgIpc) is 3.41. The van der Waals surface area contributed by atoms with Crippen LogP contribution in [-0.4, -0.2) is 34.4 Å². The van der Waals surface area contributed by atoms with E-state index in [1.807, 2.05) is 55.3 Å². The van der Waals surface area contributed by atoms with Gasteiger partial charge in [0, 0.05) is 35.4 Å². The number of likely N-dealkylation sites (tertiary alicyclic amines) is 1. The number of aryl methyl sites for hydroxylation is 3. The predicted molar refractivity (Wildman–Crippen MR) is 124 cm³/mol. The monoisotopic (exact) mass is 436 g/mol. The van der Waals surface area contributed by atoms with Crippen LogP contribution in [0.15, 0.2) is 42.6 Å². The first-order chi connectivity index (χ1) is 15.0. The number of rotatable bonds is 7. The van der Waals surface area contributed by atoms with Gasteiger partial charge in [-0.25, -0.2) is 4.98 Å². The van der Waals surface area contributed by atoms with Gasteiger partial charge in [0.05, 0.1) is 18.8 Å². The fourth-order valence-electron chi connectivity index (χ4n) is 4.14. The molecule has 4 rings (SSSR count). The van der Waals surface area contributed by atoms with Crippen LogP contribution >= 0.6 is 11.3 Å². The summed E-state index contributed by atoms with van der Waals surface area (Å²) in [5.74, 6) is 1.00. The Labute approximate surface area is 187 Å². The van der Waals surface area contributed by atoms with Crippen molar-refractivity contribution in [1.82, 2.24) is 14.9 Å². The molecular formula is C24H28N4O2S. The number of thiazole rings is 1. The highest BCUT2D eigenvalue weighted by Crippen LogP contribution is 2.34. The quantitative estimate of drug-likeness (QED) is 0.551. The highest BCUT2D eigenvalue weighted by Gasteiger charge is 2.31. The van der Waals surface area contributed by atoms with Gasteiger partial charge in [-0.3, -0.25) is 9.78 Å². The van der Waals surface area contributed by atoms with Crippen LogP contribution in [0, 0.1) is 13.8 Å². The summed E-state index contributed by atoms with van der Waals surface area (Å²) < 4.78 is 5.42. The maximum absolute atomic E-state index is 13.1. The van der Waals surface area contributed by atoms with Crippen molar-refractivity contribution in [3.63, 3.8) is 0 Å². The molecule has 1 aromatic carbocycles. The third-order valence-electron chi connectivity index (χ3n) is 5.56. The lowest BCUT2D eigenvalue weighted by Gasteiger charge is -2.25. The molecule has 1 atom stereocenters. The van der Waals surface area contributed by atoms with Gasteiger partial charge in [-0.2, -0.15) is 0 Å². The van der Waals surface area contributed by atoms with Crippen molar-refractivity contribution in [2.75, 3.05) is 19.0 Å². The second-order valence-corrected chi connectivity index (χ2v) is 9.11. The molecule has 6 nitrogen and oxygen atoms in total. The number of methoxy groups -OCH3 is 1. The Bertz CT molecular complexity index is 1070. The molecule has 1 amide bonds. The Kier molecular flexibility index (Phi) is 6.51. The van der Waals surface area contributed by atoms with Gasteiger partial charge in [0.1, 0.15) is 5.75 Å². The summed E-state index contributed by atoms with van der Waals surface area (Å²) in [5.41, 5.74) is 3.90. The van der Waals surface area contributed by atoms with Crippen LogP contribution in [0.3, 0.4) is 0 Å². The number of nitrogens with zero attached hydrogens (tertiary/aromatic N) is 3. The van der Waals surface area contributed by atoms with E-state index in [4.69, 9.17) is 9.72 Å². The third kappa shape index (κ3) is 5.05. The van der Waals surface area contributed by atoms with Crippen molar-refractivity contribution in [3.05, 3.63) is 64.4 Å². The Balaban J connectivity index is 1.48. The van der Waals surface area contributed by atoms with E-state index in [-0.39, 0.29) is 11.9 Å². The maximum atomic E-state index is 13.1. The Morgan fingerprint density at radius 1 is 1.29 bits per heavy atom. The van der Waals surface area contributed by atoms with Crippen LogP contribution in [0.25, 0.3) is 0 Å². The first-order valence-electron chi connectivity index (χ1n) is 10.6. The highest BCUT2D eigenvalue weighted by molar-refractivity contribution is 7.15. The van der Waals surface area contributed by atoms with Crippen LogP contribution in [0.1, 0.15) is 47.1 Å². The molecule has 31 heavy (non-hydrogen) atoms. The normalized spacial score (nSPS) is 15.8. The number of benzene rings is 1. The van der Waals surface area contributed by atoms with Crippen molar-refractivity contribution in [3.8, 4) is 5.75 Å². The van der Waals surface area contributed by atoms with Crippen LogP contribution in [0.4, 0.5) is 10.8 Å². The van der Waals surface area contributed by atoms with Gasteiger partial charge in [0.25, 0.3) is 0 Å². The van der Waals surface area contributed by atoms with Gasteiger partial charge >= 0.3 is 0 Å². The zero-order chi connectivity index (χ0) is 21.8. The molecule has 1 saturated heterocycles. The van der Waals surface area contributed by atoms with E-state index < -0.39 is 0 Å². The van der Waals surface area contributed by atoms with E-state index in [2.05, 4.69) is 16.4 Å². The molecule has 2 aromatic heterocycles. The molecule has 162 valence electrons. The fraction of sp³-hybridized carbons (Fsp3) is 0.375. The Hall–Kier alpha value is -2.93. The summed E-state index contributed by atoms with van der Waals surface area (Å²) in [7, 11) is 1.67. The molecule has 1 aliphatic rings. The number of hydrogen-bond acceptors (Lipinski definition) is 6. The second kappa shape index (κ2) is 9.47. The molecule has 0 spiro atoms. The molecule has 3 heterocycles. The van der Waals surface area contributed by atoms with Gasteiger partial charge in [-0.15, -0.1) is 11.3 Å². The molecule has 0 saturated carbocycles. The molecule has 0 aliphatic carbocycles. The number of carbonyl (C=O) groups excluding carboxylic acids is 1. The average molecular weight is 437 g/mol. The lowest BCUT2D eigenvalue weighted by Crippen LogP contribution is -2.31. The lowest BCUT2D eigenvalue weighted by molar-refractivity contribution is -0.132. The first kappa shape index (κ1) is 21.3. The standard InChI is InChI=1S/C24H28N4O2S/c1-16-13-19(27-24-25-15-17(2)31-24)14-20(26-16)21-8-6-12-28(21)23(29)11-10-18-7-4-5-9-22(18)30-3/h4-5,7,9,13-15,21H,6,8,10-12H2,1-3H3,(H,25,26,27)/t21-/m1/s1. The van der Waals surface area contributed by atoms with Crippen molar-refractivity contribution < 1.29 is 9.53 Å². The summed E-state index contributed by atoms with van der Waals surface area (Å²) in [6.45, 7) is 4.81. The number of para-hydroxylation sites is 1. The number of hydrogen-bond donors (Lipinski definition) is 1. The molecule has 1 fully saturated rings. The van der Waals surface area contributed by atoms with Crippen molar-refractivity contribution in [2.24, 2.45) is 0 Å². The number of ether oxygens (including phenoxy) is 1. The summed E-state index contributed by atoms with van der Waals surface area (Å²) in [5, 5.41) is 4.25. The van der Waals surface area contributed by atoms with Crippen LogP contribution < -0.4 is 10.1 Å². The van der Waals surface area contributed by atoms with Gasteiger partial charge in [0.15, 0.2) is 5.13 Å². The molecule has 0 radical (unpaired) electrons. The zero-order valence-electron chi connectivity index (χ0n) is 18.2. The molecule has 0 unspecified atom stereocenters. The summed E-state index contributed by atoms with van der Waals surface area (Å²) in [6, 6.07) is 12.0. The van der Waals surface area contributed by atoms with Crippen molar-refractivity contribution in [2.45, 2.75) is 45.6 Å². The number of aromatic nitrogens is 2. The van der Waals surface area contributed by atoms with E-state index in [9.17, 15) is 4.79 Å². The Morgan fingerprint density at radius 3 is 2.90 bits per heavy atom. The van der Waals surface area contributed by atoms with Crippen molar-refractivity contribution >= 4 is 28.1 Å². The Morgan fingerprint density at radius 2 is 2.13 bits per heavy atom. The fourth-order valence-corrected chi connectivity index (χ4v) is 4.83. The van der Waals surface area contributed by atoms with Crippen molar-refractivity contribution in [1.29, 1.82) is 0 Å². The molecule has 7 heteroatoms. The third-order valence-corrected chi connectivity index (χ3v) is 6.39. The minimum atomic E-state index is 0.0173. The number of pyridine rings is 1. The summed E-state index contributed by atoms with van der Waals surface area (Å²) >= 11 is 1.62. The van der Waals surface area contributed by atoms with Gasteiger partial charge in [-0.05, 0) is 56.9 Å². The lowest BCUT2D eigenvalue weighted by atomic mass is 10.1. The van der Waals surface area contributed by atoms with E-state index in [0.29, 0.717) is 12.8 Å². The summed E-state index contributed by atoms with van der Waals surface area (Å²) in [6.07, 6.45) is 4.93. The van der Waals surface area contributed by atoms with Crippen LogP contribution in [0.2, 0.25) is 0 Å². The molecule has 1 aliphatic heterocycles. The van der Waals surface area contributed by atoms with E-state index in [1.165, 1.54) is 0 Å². The molecular weight excluding hydrogens is 408 g/mol. The first-order valence-corrected chi connectivity index (χ1v) is 11.4. The summed E-state index contributed by atoms with van der Waals surface area (Å²) in [4.78, 5) is 25.4. The van der Waals surface area contributed by atoms with E-state index in [1.54, 1.807) is 18.4 Å². The van der Waals surface area contributed by atoms with Gasteiger partial charge < -0.3 is 15.0 Å². The van der Waals surface area contributed by atoms with Gasteiger partial charge in [-0.1, -0.05) is 18.2 Å². The number of amides is 1. The van der Waals surface area contributed by atoms with Gasteiger partial charge in [0.2, 0.25) is 5.91 Å². The number of carbonyl (C=O) groups is 1. The zero-order valence-corrected chi connectivity index (χ0v) is 19.0. The number of nitrogens with one attached hydrogen (secondary N) is 1. The minimum absolute atomic E-state index is 0.0173. The smallest absolute Gasteiger partial charge is 0.223 e. The maximum Gasteiger partial charge on any atom is 0.223 e. The largest absolute Gasteiger partial charge is 0.496 e. The predicted octanol–water partition coefficient (Wildman–Crippen LogP) is 5.20. The number of anilines is 2. The second-order valence-electron chi connectivity index (χ2n) is 7.88. The molecule has 0 bridgehead atoms. The van der Waals surface area contributed by atoms with Crippen LogP contribution in [-0.2, 0) is 11.2 Å². The minimum Gasteiger partial charge on any atom is -0.496 e. The molecule has 1 N–H and O–H groups in total. The SMILES string of the molecule is COc1ccccc1CCC(=O)N1CCC[C@@H]1c1cc(Nc2ncc(C)s2)cc(C)n1. The molecule has 3 aromatic rings. The van der Waals surface area contributed by atoms with E-state index in [0.717, 1.165) is 57.8 Å². The van der Waals surface area contributed by atoms with Crippen LogP contribution in [0.5, 0.6) is 5.75 Å². The topological polar surface area (TPSA) is 67.3 Å².